The third kappa shape index (κ3) is 8.01. The number of carbonyl (C=O) groups is 5. The molecule has 15 nitrogen and oxygen atoms in total. The van der Waals surface area contributed by atoms with Crippen LogP contribution in [0.25, 0.3) is 21.8 Å². The second kappa shape index (κ2) is 14.4. The number of aromatic nitrogens is 4. The van der Waals surface area contributed by atoms with Gasteiger partial charge in [-0.05, 0) is 29.7 Å². The lowest BCUT2D eigenvalue weighted by atomic mass is 10.0. The van der Waals surface area contributed by atoms with Crippen molar-refractivity contribution >= 4 is 51.4 Å². The van der Waals surface area contributed by atoms with Crippen molar-refractivity contribution in [3.05, 3.63) is 90.3 Å². The van der Waals surface area contributed by atoms with E-state index in [0.717, 1.165) is 27.4 Å². The fraction of sp³-hybridized carbons (Fsp3) is 0.250. The predicted molar refractivity (Wildman–Crippen MR) is 172 cm³/mol. The lowest BCUT2D eigenvalue weighted by Gasteiger charge is -2.24. The molecular weight excluding hydrogens is 606 g/mol. The van der Waals surface area contributed by atoms with Crippen molar-refractivity contribution in [1.82, 2.24) is 35.9 Å². The maximum atomic E-state index is 13.6. The number of hydrogen-bond donors (Lipinski definition) is 9. The van der Waals surface area contributed by atoms with E-state index < -0.39 is 60.2 Å². The summed E-state index contributed by atoms with van der Waals surface area (Å²) in [6.45, 7) is 0. The Kier molecular flexibility index (Phi) is 9.96. The van der Waals surface area contributed by atoms with E-state index in [4.69, 9.17) is 11.5 Å². The molecule has 0 fully saturated rings. The highest BCUT2D eigenvalue weighted by Crippen LogP contribution is 2.20. The second-order valence-electron chi connectivity index (χ2n) is 11.2. The standard InChI is InChI=1S/C32H35N9O6/c33-22(9-17-13-36-23-7-3-1-5-20(17)23)29(43)39-25(11-19-15-35-16-38-19)30(44)40-26(12-28(34)42)31(45)41-27(32(46)47)10-18-14-37-24-8-4-2-6-21(18)24/h1-8,13-16,22,25-27,36-37H,9-12,33H2,(H2,34,42)(H,35,38)(H,39,43)(H,40,44)(H,41,45)(H,46,47). The van der Waals surface area contributed by atoms with Crippen molar-refractivity contribution in [1.29, 1.82) is 0 Å². The van der Waals surface area contributed by atoms with Gasteiger partial charge < -0.3 is 47.5 Å². The van der Waals surface area contributed by atoms with Crippen LogP contribution in [0.1, 0.15) is 23.2 Å². The number of nitrogens with zero attached hydrogens (tertiary/aromatic N) is 1. The van der Waals surface area contributed by atoms with Crippen LogP contribution in [0.15, 0.2) is 73.4 Å². The number of primary amides is 1. The number of aromatic amines is 3. The normalized spacial score (nSPS) is 13.8. The van der Waals surface area contributed by atoms with E-state index in [-0.39, 0.29) is 19.3 Å². The number of imidazole rings is 1. The molecule has 0 radical (unpaired) electrons. The quantitative estimate of drug-likeness (QED) is 0.0758. The van der Waals surface area contributed by atoms with E-state index in [0.29, 0.717) is 11.3 Å². The molecule has 47 heavy (non-hydrogen) atoms. The number of carbonyl (C=O) groups excluding carboxylic acids is 4. The number of para-hydroxylation sites is 2. The highest BCUT2D eigenvalue weighted by Gasteiger charge is 2.32. The SMILES string of the molecule is NC(=O)CC(NC(=O)C(Cc1cnc[nH]1)NC(=O)C(N)Cc1c[nH]c2ccccc12)C(=O)NC(Cc1c[nH]c2ccccc12)C(=O)O. The van der Waals surface area contributed by atoms with Gasteiger partial charge in [0.2, 0.25) is 23.6 Å². The molecule has 0 aliphatic heterocycles. The summed E-state index contributed by atoms with van der Waals surface area (Å²) in [5, 5.41) is 19.1. The number of carboxylic acid groups (broad SMARTS) is 1. The molecule has 4 atom stereocenters. The van der Waals surface area contributed by atoms with Crippen molar-refractivity contribution < 1.29 is 29.1 Å². The number of rotatable bonds is 15. The molecule has 0 saturated carbocycles. The highest BCUT2D eigenvalue weighted by atomic mass is 16.4. The van der Waals surface area contributed by atoms with Crippen LogP contribution in [0.2, 0.25) is 0 Å². The number of carboxylic acids is 1. The van der Waals surface area contributed by atoms with E-state index in [2.05, 4.69) is 35.9 Å². The smallest absolute Gasteiger partial charge is 0.326 e. The van der Waals surface area contributed by atoms with Crippen molar-refractivity contribution in [3.63, 3.8) is 0 Å². The number of nitrogens with one attached hydrogen (secondary N) is 6. The Hall–Kier alpha value is -5.96. The lowest BCUT2D eigenvalue weighted by molar-refractivity contribution is -0.142. The molecule has 4 unspecified atom stereocenters. The average Bonchev–Trinajstić information content (AvgIpc) is 3.81. The molecule has 4 amide bonds. The van der Waals surface area contributed by atoms with Crippen LogP contribution >= 0.6 is 0 Å². The molecule has 11 N–H and O–H groups in total. The van der Waals surface area contributed by atoms with Crippen LogP contribution in [-0.2, 0) is 43.2 Å². The van der Waals surface area contributed by atoms with Crippen molar-refractivity contribution in [2.24, 2.45) is 11.5 Å². The molecule has 15 heteroatoms. The zero-order valence-corrected chi connectivity index (χ0v) is 25.2. The first-order valence-electron chi connectivity index (χ1n) is 14.8. The van der Waals surface area contributed by atoms with Gasteiger partial charge in [0.1, 0.15) is 18.1 Å². The van der Waals surface area contributed by atoms with Gasteiger partial charge in [0.25, 0.3) is 0 Å². The molecule has 0 aliphatic carbocycles. The Balaban J connectivity index is 1.29. The van der Waals surface area contributed by atoms with Gasteiger partial charge in [-0.15, -0.1) is 0 Å². The maximum absolute atomic E-state index is 13.6. The Morgan fingerprint density at radius 3 is 1.85 bits per heavy atom. The first-order valence-corrected chi connectivity index (χ1v) is 14.8. The minimum absolute atomic E-state index is 0.0550. The minimum atomic E-state index is -1.54. The van der Waals surface area contributed by atoms with Gasteiger partial charge in [0.15, 0.2) is 0 Å². The summed E-state index contributed by atoms with van der Waals surface area (Å²) >= 11 is 0. The number of H-pyrrole nitrogens is 3. The molecule has 3 heterocycles. The molecule has 0 saturated heterocycles. The first kappa shape index (κ1) is 32.4. The summed E-state index contributed by atoms with van der Waals surface area (Å²) in [5.74, 6) is -4.62. The molecule has 5 rings (SSSR count). The molecule has 0 bridgehead atoms. The molecule has 3 aromatic heterocycles. The van der Waals surface area contributed by atoms with Crippen LogP contribution in [0.3, 0.4) is 0 Å². The molecule has 5 aromatic rings. The van der Waals surface area contributed by atoms with Gasteiger partial charge >= 0.3 is 5.97 Å². The van der Waals surface area contributed by atoms with E-state index in [9.17, 15) is 29.1 Å². The van der Waals surface area contributed by atoms with Crippen LogP contribution in [0.4, 0.5) is 0 Å². The summed E-state index contributed by atoms with van der Waals surface area (Å²) in [4.78, 5) is 77.2. The van der Waals surface area contributed by atoms with E-state index in [1.807, 2.05) is 42.5 Å². The van der Waals surface area contributed by atoms with Crippen LogP contribution in [0, 0.1) is 0 Å². The fourth-order valence-corrected chi connectivity index (χ4v) is 5.41. The lowest BCUT2D eigenvalue weighted by Crippen LogP contribution is -2.58. The van der Waals surface area contributed by atoms with Crippen LogP contribution < -0.4 is 27.4 Å². The topological polar surface area (TPSA) is 254 Å². The van der Waals surface area contributed by atoms with Crippen molar-refractivity contribution in [3.8, 4) is 0 Å². The zero-order chi connectivity index (χ0) is 33.5. The van der Waals surface area contributed by atoms with E-state index >= 15 is 0 Å². The Labute approximate surface area is 267 Å². The minimum Gasteiger partial charge on any atom is -0.480 e. The molecule has 0 aliphatic rings. The summed E-state index contributed by atoms with van der Waals surface area (Å²) in [6, 6.07) is 9.63. The zero-order valence-electron chi connectivity index (χ0n) is 25.2. The monoisotopic (exact) mass is 641 g/mol. The third-order valence-electron chi connectivity index (χ3n) is 7.82. The first-order chi connectivity index (χ1) is 22.6. The Morgan fingerprint density at radius 2 is 1.28 bits per heavy atom. The molecular formula is C32H35N9O6. The maximum Gasteiger partial charge on any atom is 0.326 e. The van der Waals surface area contributed by atoms with E-state index in [1.165, 1.54) is 12.5 Å². The number of hydrogen-bond acceptors (Lipinski definition) is 7. The largest absolute Gasteiger partial charge is 0.480 e. The number of nitrogens with two attached hydrogens (primary N) is 2. The fourth-order valence-electron chi connectivity index (χ4n) is 5.41. The predicted octanol–water partition coefficient (Wildman–Crippen LogP) is 0.142. The number of amides is 4. The Morgan fingerprint density at radius 1 is 0.723 bits per heavy atom. The second-order valence-corrected chi connectivity index (χ2v) is 11.2. The molecule has 244 valence electrons. The van der Waals surface area contributed by atoms with Gasteiger partial charge in [0, 0.05) is 58.9 Å². The number of aliphatic carboxylic acids is 1. The summed E-state index contributed by atoms with van der Waals surface area (Å²) in [6.07, 6.45) is 5.71. The number of fused-ring (bicyclic) bond motifs is 2. The highest BCUT2D eigenvalue weighted by molar-refractivity contribution is 5.96. The molecule has 2 aromatic carbocycles. The van der Waals surface area contributed by atoms with Gasteiger partial charge in [-0.2, -0.15) is 0 Å². The van der Waals surface area contributed by atoms with E-state index in [1.54, 1.807) is 18.5 Å². The van der Waals surface area contributed by atoms with Gasteiger partial charge in [-0.1, -0.05) is 36.4 Å². The van der Waals surface area contributed by atoms with Crippen molar-refractivity contribution in [2.75, 3.05) is 0 Å². The summed E-state index contributed by atoms with van der Waals surface area (Å²) in [7, 11) is 0. The van der Waals surface area contributed by atoms with Crippen LogP contribution in [-0.4, -0.2) is 78.8 Å². The average molecular weight is 642 g/mol. The van der Waals surface area contributed by atoms with Gasteiger partial charge in [0.05, 0.1) is 18.8 Å². The molecule has 0 spiro atoms. The number of benzene rings is 2. The summed E-state index contributed by atoms with van der Waals surface area (Å²) in [5.41, 5.74) is 15.3. The third-order valence-corrected chi connectivity index (χ3v) is 7.82. The Bertz CT molecular complexity index is 1900. The van der Waals surface area contributed by atoms with Gasteiger partial charge in [-0.3, -0.25) is 19.2 Å². The van der Waals surface area contributed by atoms with Crippen molar-refractivity contribution in [2.45, 2.75) is 49.9 Å². The van der Waals surface area contributed by atoms with Crippen LogP contribution in [0.5, 0.6) is 0 Å². The van der Waals surface area contributed by atoms with Gasteiger partial charge in [-0.25, -0.2) is 9.78 Å². The summed E-state index contributed by atoms with van der Waals surface area (Å²) < 4.78 is 0.